The first kappa shape index (κ1) is 15.0. The molecule has 1 aliphatic rings. The summed E-state index contributed by atoms with van der Waals surface area (Å²) in [6.07, 6.45) is 1.73. The van der Waals surface area contributed by atoms with Gasteiger partial charge in [0.2, 0.25) is 0 Å². The fraction of sp³-hybridized carbons (Fsp3) is 0.133. The van der Waals surface area contributed by atoms with E-state index in [1.54, 1.807) is 18.0 Å². The van der Waals surface area contributed by atoms with Gasteiger partial charge in [0.25, 0.3) is 0 Å². The largest absolute Gasteiger partial charge is 0.318 e. The molecule has 3 aromatic rings. The lowest BCUT2D eigenvalue weighted by molar-refractivity contribution is 1.12. The van der Waals surface area contributed by atoms with Crippen molar-refractivity contribution in [1.82, 2.24) is 15.2 Å². The smallest absolute Gasteiger partial charge is 0.162 e. The first-order valence-electron chi connectivity index (χ1n) is 6.95. The number of aromatic amines is 1. The number of hydrogen-bond acceptors (Lipinski definition) is 5. The van der Waals surface area contributed by atoms with Gasteiger partial charge in [-0.15, -0.1) is 0 Å². The molecule has 0 bridgehead atoms. The van der Waals surface area contributed by atoms with Gasteiger partial charge in [0.1, 0.15) is 0 Å². The zero-order valence-corrected chi connectivity index (χ0v) is 15.0. The minimum atomic E-state index is 0.618. The lowest BCUT2D eigenvalue weighted by Crippen LogP contribution is -2.05. The van der Waals surface area contributed by atoms with Crippen molar-refractivity contribution in [3.05, 3.63) is 40.0 Å². The van der Waals surface area contributed by atoms with E-state index in [0.29, 0.717) is 5.02 Å². The average Bonchev–Trinajstić information content (AvgIpc) is 3.19. The van der Waals surface area contributed by atoms with Crippen LogP contribution in [-0.2, 0) is 0 Å². The van der Waals surface area contributed by atoms with Crippen molar-refractivity contribution in [2.75, 3.05) is 17.6 Å². The van der Waals surface area contributed by atoms with E-state index in [2.05, 4.69) is 41.4 Å². The molecule has 3 heterocycles. The Bertz CT molecular complexity index is 923. The maximum absolute atomic E-state index is 6.27. The minimum Gasteiger partial charge on any atom is -0.318 e. The molecule has 0 aliphatic carbocycles. The number of nitrogens with one attached hydrogen (secondary N) is 2. The molecule has 0 saturated heterocycles. The summed E-state index contributed by atoms with van der Waals surface area (Å²) in [4.78, 5) is 8.79. The molecule has 4 rings (SSSR count). The number of amidine groups is 1. The van der Waals surface area contributed by atoms with Crippen LogP contribution in [0.25, 0.3) is 22.2 Å². The Balaban J connectivity index is 1.83. The molecule has 0 fully saturated rings. The SMILES string of the molecule is Clc1cccnc1-c1cc(Br)c2[nH]nc(NC3=NCCS3)c2c1. The molecule has 23 heavy (non-hydrogen) atoms. The monoisotopic (exact) mass is 407 g/mol. The fourth-order valence-corrected chi connectivity index (χ4v) is 3.93. The highest BCUT2D eigenvalue weighted by Crippen LogP contribution is 2.35. The highest BCUT2D eigenvalue weighted by atomic mass is 79.9. The number of anilines is 1. The Morgan fingerprint density at radius 3 is 3.04 bits per heavy atom. The van der Waals surface area contributed by atoms with E-state index in [4.69, 9.17) is 11.6 Å². The van der Waals surface area contributed by atoms with E-state index >= 15 is 0 Å². The summed E-state index contributed by atoms with van der Waals surface area (Å²) < 4.78 is 0.910. The lowest BCUT2D eigenvalue weighted by atomic mass is 10.1. The molecule has 8 heteroatoms. The van der Waals surface area contributed by atoms with E-state index < -0.39 is 0 Å². The van der Waals surface area contributed by atoms with Crippen molar-refractivity contribution in [2.45, 2.75) is 0 Å². The quantitative estimate of drug-likeness (QED) is 0.652. The maximum Gasteiger partial charge on any atom is 0.162 e. The molecule has 0 saturated carbocycles. The predicted octanol–water partition coefficient (Wildman–Crippen LogP) is 4.56. The second-order valence-corrected chi connectivity index (χ2v) is 7.29. The third-order valence-electron chi connectivity index (χ3n) is 3.47. The highest BCUT2D eigenvalue weighted by Gasteiger charge is 2.15. The number of rotatable bonds is 2. The third-order valence-corrected chi connectivity index (χ3v) is 5.29. The number of benzene rings is 1. The molecule has 2 N–H and O–H groups in total. The molecule has 0 spiro atoms. The topological polar surface area (TPSA) is 66.0 Å². The first-order chi connectivity index (χ1) is 11.2. The summed E-state index contributed by atoms with van der Waals surface area (Å²) in [7, 11) is 0. The van der Waals surface area contributed by atoms with Crippen LogP contribution in [0.2, 0.25) is 5.02 Å². The molecule has 1 aromatic carbocycles. The summed E-state index contributed by atoms with van der Waals surface area (Å²) in [5.74, 6) is 1.76. The van der Waals surface area contributed by atoms with Crippen LogP contribution < -0.4 is 5.32 Å². The average molecular weight is 409 g/mol. The molecule has 0 amide bonds. The van der Waals surface area contributed by atoms with Crippen LogP contribution in [0.3, 0.4) is 0 Å². The Morgan fingerprint density at radius 1 is 1.35 bits per heavy atom. The molecule has 0 atom stereocenters. The van der Waals surface area contributed by atoms with Crippen molar-refractivity contribution >= 4 is 61.2 Å². The summed E-state index contributed by atoms with van der Waals surface area (Å²) in [6, 6.07) is 7.67. The Kier molecular flexibility index (Phi) is 4.00. The second-order valence-electron chi connectivity index (χ2n) is 4.95. The number of pyridine rings is 1. The van der Waals surface area contributed by atoms with E-state index in [9.17, 15) is 0 Å². The number of H-pyrrole nitrogens is 1. The van der Waals surface area contributed by atoms with Crippen molar-refractivity contribution in [1.29, 1.82) is 0 Å². The van der Waals surface area contributed by atoms with Gasteiger partial charge in [0.05, 0.1) is 22.8 Å². The molecular formula is C15H11BrClN5S. The van der Waals surface area contributed by atoms with Gasteiger partial charge >= 0.3 is 0 Å². The van der Waals surface area contributed by atoms with Crippen molar-refractivity contribution in [3.63, 3.8) is 0 Å². The molecule has 116 valence electrons. The Hall–Kier alpha value is -1.57. The summed E-state index contributed by atoms with van der Waals surface area (Å²) in [5, 5.41) is 13.2. The molecule has 0 radical (unpaired) electrons. The highest BCUT2D eigenvalue weighted by molar-refractivity contribution is 9.10. The van der Waals surface area contributed by atoms with Gasteiger partial charge in [0.15, 0.2) is 11.0 Å². The van der Waals surface area contributed by atoms with Gasteiger partial charge in [0, 0.05) is 27.4 Å². The van der Waals surface area contributed by atoms with Crippen LogP contribution in [-0.4, -0.2) is 32.6 Å². The zero-order valence-electron chi connectivity index (χ0n) is 11.8. The van der Waals surface area contributed by atoms with Crippen LogP contribution >= 0.6 is 39.3 Å². The van der Waals surface area contributed by atoms with Crippen LogP contribution in [0.15, 0.2) is 39.9 Å². The van der Waals surface area contributed by atoms with Crippen molar-refractivity contribution < 1.29 is 0 Å². The first-order valence-corrected chi connectivity index (χ1v) is 9.11. The predicted molar refractivity (Wildman–Crippen MR) is 100 cm³/mol. The van der Waals surface area contributed by atoms with Gasteiger partial charge in [-0.25, -0.2) is 0 Å². The zero-order chi connectivity index (χ0) is 15.8. The van der Waals surface area contributed by atoms with Crippen LogP contribution in [0.5, 0.6) is 0 Å². The summed E-state index contributed by atoms with van der Waals surface area (Å²) in [6.45, 7) is 0.841. The number of thioether (sulfide) groups is 1. The summed E-state index contributed by atoms with van der Waals surface area (Å²) >= 11 is 11.6. The molecule has 2 aromatic heterocycles. The third kappa shape index (κ3) is 2.84. The standard InChI is InChI=1S/C15H11BrClN5S/c16-10-7-8(12-11(17)2-1-3-18-12)6-9-13(10)21-22-14(9)20-15-19-4-5-23-15/h1-3,6-7H,4-5H2,(H2,19,20,21,22). The van der Waals surface area contributed by atoms with Crippen LogP contribution in [0.1, 0.15) is 0 Å². The normalized spacial score (nSPS) is 14.3. The molecule has 5 nitrogen and oxygen atoms in total. The van der Waals surface area contributed by atoms with E-state index in [0.717, 1.165) is 49.9 Å². The maximum atomic E-state index is 6.27. The fourth-order valence-electron chi connectivity index (χ4n) is 2.42. The van der Waals surface area contributed by atoms with Gasteiger partial charge in [-0.3, -0.25) is 15.1 Å². The lowest BCUT2D eigenvalue weighted by Gasteiger charge is -2.06. The summed E-state index contributed by atoms with van der Waals surface area (Å²) in [5.41, 5.74) is 2.60. The van der Waals surface area contributed by atoms with Gasteiger partial charge < -0.3 is 5.32 Å². The Morgan fingerprint density at radius 2 is 2.26 bits per heavy atom. The minimum absolute atomic E-state index is 0.618. The van der Waals surface area contributed by atoms with E-state index in [1.165, 1.54) is 0 Å². The van der Waals surface area contributed by atoms with Gasteiger partial charge in [-0.1, -0.05) is 23.4 Å². The molecular weight excluding hydrogens is 398 g/mol. The number of halogens is 2. The van der Waals surface area contributed by atoms with Crippen molar-refractivity contribution in [2.24, 2.45) is 4.99 Å². The van der Waals surface area contributed by atoms with Crippen LogP contribution in [0, 0.1) is 0 Å². The number of hydrogen-bond donors (Lipinski definition) is 2. The number of fused-ring (bicyclic) bond motifs is 1. The molecule has 1 aliphatic heterocycles. The van der Waals surface area contributed by atoms with Crippen LogP contribution in [0.4, 0.5) is 5.82 Å². The van der Waals surface area contributed by atoms with E-state index in [1.807, 2.05) is 24.3 Å². The number of aromatic nitrogens is 3. The molecule has 0 unspecified atom stereocenters. The van der Waals surface area contributed by atoms with Gasteiger partial charge in [-0.05, 0) is 40.2 Å². The van der Waals surface area contributed by atoms with E-state index in [-0.39, 0.29) is 0 Å². The second kappa shape index (κ2) is 6.14. The number of aliphatic imine (C=N–C) groups is 1. The van der Waals surface area contributed by atoms with Gasteiger partial charge in [-0.2, -0.15) is 5.10 Å². The number of nitrogens with zero attached hydrogens (tertiary/aromatic N) is 3. The van der Waals surface area contributed by atoms with Crippen molar-refractivity contribution in [3.8, 4) is 11.3 Å². The Labute approximate surface area is 150 Å².